The minimum Gasteiger partial charge on any atom is -0.298 e. The van der Waals surface area contributed by atoms with Crippen LogP contribution in [-0.4, -0.2) is 15.9 Å². The van der Waals surface area contributed by atoms with Gasteiger partial charge in [0.2, 0.25) is 5.91 Å². The van der Waals surface area contributed by atoms with E-state index in [-0.39, 0.29) is 11.3 Å². The number of amides is 1. The Morgan fingerprint density at radius 3 is 2.55 bits per heavy atom. The number of thiazole rings is 2. The molecule has 0 spiro atoms. The summed E-state index contributed by atoms with van der Waals surface area (Å²) in [4.78, 5) is 20.5. The summed E-state index contributed by atoms with van der Waals surface area (Å²) < 4.78 is 0. The first-order valence-electron chi connectivity index (χ1n) is 6.22. The smallest absolute Gasteiger partial charge is 0.250 e. The lowest BCUT2D eigenvalue weighted by molar-refractivity contribution is -0.111. The molecular weight excluding hydrogens is 290 g/mol. The van der Waals surface area contributed by atoms with E-state index in [2.05, 4.69) is 36.1 Å². The Bertz CT molecular complexity index is 635. The fourth-order valence-electron chi connectivity index (χ4n) is 1.44. The highest BCUT2D eigenvalue weighted by atomic mass is 32.1. The lowest BCUT2D eigenvalue weighted by Gasteiger charge is -2.14. The summed E-state index contributed by atoms with van der Waals surface area (Å²) in [6.45, 7) is 8.22. The largest absolute Gasteiger partial charge is 0.298 e. The SMILES string of the molecule is Cc1nc(/C=C/C(=O)Nc2nc(C(C)(C)C)cs2)cs1. The molecule has 2 rings (SSSR count). The number of nitrogens with zero attached hydrogens (tertiary/aromatic N) is 2. The molecule has 4 nitrogen and oxygen atoms in total. The van der Waals surface area contributed by atoms with Crippen molar-refractivity contribution in [2.45, 2.75) is 33.1 Å². The predicted molar refractivity (Wildman–Crippen MR) is 85.3 cm³/mol. The van der Waals surface area contributed by atoms with Gasteiger partial charge in [-0.15, -0.1) is 22.7 Å². The van der Waals surface area contributed by atoms with Crippen molar-refractivity contribution in [2.24, 2.45) is 0 Å². The summed E-state index contributed by atoms with van der Waals surface area (Å²) in [6, 6.07) is 0. The molecule has 1 amide bonds. The molecule has 20 heavy (non-hydrogen) atoms. The van der Waals surface area contributed by atoms with Crippen LogP contribution >= 0.6 is 22.7 Å². The summed E-state index contributed by atoms with van der Waals surface area (Å²) in [5.41, 5.74) is 1.78. The Balaban J connectivity index is 1.98. The maximum atomic E-state index is 11.8. The Morgan fingerprint density at radius 2 is 2.00 bits per heavy atom. The van der Waals surface area contributed by atoms with Crippen molar-refractivity contribution in [3.05, 3.63) is 33.2 Å². The molecule has 106 valence electrons. The van der Waals surface area contributed by atoms with Gasteiger partial charge in [0, 0.05) is 22.3 Å². The van der Waals surface area contributed by atoms with Gasteiger partial charge in [-0.3, -0.25) is 10.1 Å². The highest BCUT2D eigenvalue weighted by molar-refractivity contribution is 7.14. The molecule has 2 aromatic heterocycles. The molecule has 0 radical (unpaired) electrons. The van der Waals surface area contributed by atoms with Crippen LogP contribution in [0.5, 0.6) is 0 Å². The van der Waals surface area contributed by atoms with E-state index in [1.54, 1.807) is 17.4 Å². The van der Waals surface area contributed by atoms with Crippen LogP contribution in [0.3, 0.4) is 0 Å². The van der Waals surface area contributed by atoms with Gasteiger partial charge in [0.25, 0.3) is 0 Å². The fraction of sp³-hybridized carbons (Fsp3) is 0.357. The third-order valence-electron chi connectivity index (χ3n) is 2.54. The predicted octanol–water partition coefficient (Wildman–Crippen LogP) is 3.86. The Morgan fingerprint density at radius 1 is 1.25 bits per heavy atom. The third kappa shape index (κ3) is 3.98. The van der Waals surface area contributed by atoms with Gasteiger partial charge in [-0.05, 0) is 13.0 Å². The second-order valence-electron chi connectivity index (χ2n) is 5.40. The zero-order chi connectivity index (χ0) is 14.8. The summed E-state index contributed by atoms with van der Waals surface area (Å²) >= 11 is 3.00. The third-order valence-corrected chi connectivity index (χ3v) is 4.09. The second kappa shape index (κ2) is 5.85. The molecule has 0 aromatic carbocycles. The van der Waals surface area contributed by atoms with Gasteiger partial charge in [0.15, 0.2) is 5.13 Å². The molecule has 0 atom stereocenters. The number of nitrogens with one attached hydrogen (secondary N) is 1. The number of aryl methyl sites for hydroxylation is 1. The molecule has 1 N–H and O–H groups in total. The molecule has 0 unspecified atom stereocenters. The van der Waals surface area contributed by atoms with Gasteiger partial charge in [-0.1, -0.05) is 20.8 Å². The van der Waals surface area contributed by atoms with Crippen molar-refractivity contribution in [1.82, 2.24) is 9.97 Å². The average Bonchev–Trinajstić information content (AvgIpc) is 2.95. The zero-order valence-corrected chi connectivity index (χ0v) is 13.6. The maximum absolute atomic E-state index is 11.8. The maximum Gasteiger partial charge on any atom is 0.250 e. The van der Waals surface area contributed by atoms with Crippen molar-refractivity contribution in [3.8, 4) is 0 Å². The molecular formula is C14H17N3OS2. The first-order chi connectivity index (χ1) is 9.34. The summed E-state index contributed by atoms with van der Waals surface area (Å²) in [5.74, 6) is -0.189. The van der Waals surface area contributed by atoms with Crippen molar-refractivity contribution >= 4 is 39.8 Å². The Hall–Kier alpha value is -1.53. The van der Waals surface area contributed by atoms with Crippen LogP contribution in [0, 0.1) is 6.92 Å². The van der Waals surface area contributed by atoms with Crippen LogP contribution in [-0.2, 0) is 10.2 Å². The standard InChI is InChI=1S/C14H17N3OS2/c1-9-15-10(7-19-9)5-6-12(18)17-13-16-11(8-20-13)14(2,3)4/h5-8H,1-4H3,(H,16,17,18)/b6-5+. The number of aromatic nitrogens is 2. The normalized spacial score (nSPS) is 12.0. The van der Waals surface area contributed by atoms with Crippen LogP contribution in [0.4, 0.5) is 5.13 Å². The number of carbonyl (C=O) groups excluding carboxylic acids is 1. The molecule has 0 fully saturated rings. The lowest BCUT2D eigenvalue weighted by Crippen LogP contribution is -2.12. The first kappa shape index (κ1) is 14.9. The molecule has 0 bridgehead atoms. The summed E-state index contributed by atoms with van der Waals surface area (Å²) in [7, 11) is 0. The minimum absolute atomic E-state index is 0.00651. The van der Waals surface area contributed by atoms with Crippen LogP contribution in [0.25, 0.3) is 6.08 Å². The van der Waals surface area contributed by atoms with E-state index in [1.807, 2.05) is 17.7 Å². The van der Waals surface area contributed by atoms with Crippen LogP contribution in [0.2, 0.25) is 0 Å². The topological polar surface area (TPSA) is 54.9 Å². The van der Waals surface area contributed by atoms with Crippen LogP contribution < -0.4 is 5.32 Å². The number of anilines is 1. The zero-order valence-electron chi connectivity index (χ0n) is 11.9. The molecule has 0 aliphatic rings. The van der Waals surface area contributed by atoms with Gasteiger partial charge < -0.3 is 0 Å². The number of rotatable bonds is 3. The highest BCUT2D eigenvalue weighted by Gasteiger charge is 2.17. The van der Waals surface area contributed by atoms with E-state index in [9.17, 15) is 4.79 Å². The van der Waals surface area contributed by atoms with Crippen molar-refractivity contribution < 1.29 is 4.79 Å². The van der Waals surface area contributed by atoms with E-state index in [1.165, 1.54) is 17.4 Å². The molecule has 2 aromatic rings. The Labute approximate surface area is 126 Å². The van der Waals surface area contributed by atoms with Crippen LogP contribution in [0.15, 0.2) is 16.8 Å². The second-order valence-corrected chi connectivity index (χ2v) is 7.32. The summed E-state index contributed by atoms with van der Waals surface area (Å²) in [6.07, 6.45) is 3.18. The van der Waals surface area contributed by atoms with E-state index < -0.39 is 0 Å². The van der Waals surface area contributed by atoms with Crippen molar-refractivity contribution in [1.29, 1.82) is 0 Å². The van der Waals surface area contributed by atoms with Crippen molar-refractivity contribution in [2.75, 3.05) is 5.32 Å². The first-order valence-corrected chi connectivity index (χ1v) is 7.98. The fourth-order valence-corrected chi connectivity index (χ4v) is 2.96. The van der Waals surface area contributed by atoms with E-state index in [4.69, 9.17) is 0 Å². The Kier molecular flexibility index (Phi) is 4.35. The van der Waals surface area contributed by atoms with E-state index >= 15 is 0 Å². The highest BCUT2D eigenvalue weighted by Crippen LogP contribution is 2.26. The quantitative estimate of drug-likeness (QED) is 0.876. The summed E-state index contributed by atoms with van der Waals surface area (Å²) in [5, 5.41) is 8.27. The van der Waals surface area contributed by atoms with Gasteiger partial charge in [-0.2, -0.15) is 0 Å². The van der Waals surface area contributed by atoms with Gasteiger partial charge >= 0.3 is 0 Å². The molecule has 0 saturated carbocycles. The van der Waals surface area contributed by atoms with Gasteiger partial charge in [-0.25, -0.2) is 9.97 Å². The molecule has 0 aliphatic heterocycles. The van der Waals surface area contributed by atoms with Gasteiger partial charge in [0.1, 0.15) is 0 Å². The molecule has 0 saturated heterocycles. The van der Waals surface area contributed by atoms with Gasteiger partial charge in [0.05, 0.1) is 16.4 Å². The minimum atomic E-state index is -0.189. The number of hydrogen-bond donors (Lipinski definition) is 1. The van der Waals surface area contributed by atoms with E-state index in [0.29, 0.717) is 5.13 Å². The number of hydrogen-bond acceptors (Lipinski definition) is 5. The van der Waals surface area contributed by atoms with E-state index in [0.717, 1.165) is 16.4 Å². The number of carbonyl (C=O) groups is 1. The molecule has 0 aliphatic carbocycles. The average molecular weight is 307 g/mol. The lowest BCUT2D eigenvalue weighted by atomic mass is 9.93. The van der Waals surface area contributed by atoms with Crippen molar-refractivity contribution in [3.63, 3.8) is 0 Å². The molecule has 2 heterocycles. The monoisotopic (exact) mass is 307 g/mol. The van der Waals surface area contributed by atoms with Crippen LogP contribution in [0.1, 0.15) is 37.2 Å². The molecule has 6 heteroatoms.